The topological polar surface area (TPSA) is 56.5 Å². The van der Waals surface area contributed by atoms with Gasteiger partial charge in [0.1, 0.15) is 0 Å². The number of rotatable bonds is 5. The average Bonchev–Trinajstić information content (AvgIpc) is 3.22. The number of thiophene rings is 1. The summed E-state index contributed by atoms with van der Waals surface area (Å²) in [5.74, 6) is -0.758. The fraction of sp³-hybridized carbons (Fsp3) is 0.111. The van der Waals surface area contributed by atoms with Crippen molar-refractivity contribution >= 4 is 23.1 Å². The summed E-state index contributed by atoms with van der Waals surface area (Å²) in [6.07, 6.45) is 1.43. The maximum Gasteiger partial charge on any atom is 0.375 e. The Bertz CT molecular complexity index is 830. The highest BCUT2D eigenvalue weighted by atomic mass is 32.1. The molecule has 0 atom stereocenters. The van der Waals surface area contributed by atoms with E-state index in [9.17, 15) is 9.59 Å². The van der Waals surface area contributed by atoms with Gasteiger partial charge in [0, 0.05) is 10.4 Å². The number of benzene rings is 1. The molecule has 1 aromatic carbocycles. The number of esters is 1. The maximum atomic E-state index is 12.2. The highest BCUT2D eigenvalue weighted by Crippen LogP contribution is 2.25. The van der Waals surface area contributed by atoms with Gasteiger partial charge in [-0.2, -0.15) is 0 Å². The van der Waals surface area contributed by atoms with E-state index in [-0.39, 0.29) is 18.2 Å². The Morgan fingerprint density at radius 1 is 1.09 bits per heavy atom. The predicted molar refractivity (Wildman–Crippen MR) is 87.8 cm³/mol. The van der Waals surface area contributed by atoms with Crippen LogP contribution in [-0.2, 0) is 4.74 Å². The number of carbonyl (C=O) groups is 2. The van der Waals surface area contributed by atoms with E-state index in [2.05, 4.69) is 0 Å². The molecule has 0 aliphatic heterocycles. The summed E-state index contributed by atoms with van der Waals surface area (Å²) in [6, 6.07) is 14.7. The van der Waals surface area contributed by atoms with Gasteiger partial charge in [0.05, 0.1) is 11.1 Å². The second-order valence-corrected chi connectivity index (χ2v) is 6.23. The molecule has 0 saturated heterocycles. The summed E-state index contributed by atoms with van der Waals surface area (Å²) in [5.41, 5.74) is 1.50. The summed E-state index contributed by atoms with van der Waals surface area (Å²) < 4.78 is 10.3. The molecule has 0 fully saturated rings. The Balaban J connectivity index is 1.70. The van der Waals surface area contributed by atoms with E-state index in [4.69, 9.17) is 9.15 Å². The largest absolute Gasteiger partial charge is 0.457 e. The van der Waals surface area contributed by atoms with Crippen molar-refractivity contribution in [2.45, 2.75) is 6.92 Å². The van der Waals surface area contributed by atoms with Crippen molar-refractivity contribution in [2.75, 3.05) is 6.61 Å². The molecule has 0 spiro atoms. The van der Waals surface area contributed by atoms with Crippen LogP contribution < -0.4 is 0 Å². The third-order valence-corrected chi connectivity index (χ3v) is 4.33. The number of aryl methyl sites for hydroxylation is 1. The second kappa shape index (κ2) is 6.62. The molecule has 0 N–H and O–H groups in total. The number of hydrogen-bond donors (Lipinski definition) is 0. The lowest BCUT2D eigenvalue weighted by atomic mass is 10.1. The summed E-state index contributed by atoms with van der Waals surface area (Å²) in [5, 5.41) is 0. The van der Waals surface area contributed by atoms with Crippen LogP contribution in [0.2, 0.25) is 0 Å². The zero-order chi connectivity index (χ0) is 16.2. The molecule has 4 nitrogen and oxygen atoms in total. The Morgan fingerprint density at radius 3 is 2.57 bits per heavy atom. The molecule has 3 rings (SSSR count). The fourth-order valence-corrected chi connectivity index (χ4v) is 2.96. The van der Waals surface area contributed by atoms with Crippen LogP contribution in [0.1, 0.15) is 25.1 Å². The number of carbonyl (C=O) groups excluding carboxylic acids is 2. The van der Waals surface area contributed by atoms with Crippen LogP contribution in [0.5, 0.6) is 0 Å². The molecule has 0 radical (unpaired) electrons. The van der Waals surface area contributed by atoms with Gasteiger partial charge in [0.25, 0.3) is 0 Å². The first-order valence-electron chi connectivity index (χ1n) is 7.05. The fourth-order valence-electron chi connectivity index (χ4n) is 2.16. The van der Waals surface area contributed by atoms with Gasteiger partial charge in [-0.05, 0) is 30.7 Å². The number of hydrogen-bond acceptors (Lipinski definition) is 5. The smallest absolute Gasteiger partial charge is 0.375 e. The normalized spacial score (nSPS) is 10.5. The molecule has 0 bridgehead atoms. The molecule has 0 aliphatic rings. The summed E-state index contributed by atoms with van der Waals surface area (Å²) in [6.45, 7) is 1.62. The van der Waals surface area contributed by atoms with Crippen molar-refractivity contribution in [3.63, 3.8) is 0 Å². The van der Waals surface area contributed by atoms with Crippen LogP contribution in [0.25, 0.3) is 11.1 Å². The molecular weight excluding hydrogens is 312 g/mol. The van der Waals surface area contributed by atoms with E-state index < -0.39 is 5.97 Å². The van der Waals surface area contributed by atoms with Crippen molar-refractivity contribution in [3.8, 4) is 11.1 Å². The van der Waals surface area contributed by atoms with Crippen LogP contribution >= 0.6 is 11.3 Å². The van der Waals surface area contributed by atoms with Crippen molar-refractivity contribution in [3.05, 3.63) is 70.3 Å². The zero-order valence-electron chi connectivity index (χ0n) is 12.4. The number of ether oxygens (including phenoxy) is 1. The summed E-state index contributed by atoms with van der Waals surface area (Å²) >= 11 is 1.38. The minimum atomic E-state index is -0.643. The number of furan rings is 1. The lowest BCUT2D eigenvalue weighted by Crippen LogP contribution is -2.13. The van der Waals surface area contributed by atoms with Crippen molar-refractivity contribution in [2.24, 2.45) is 0 Å². The number of ketones is 1. The first kappa shape index (κ1) is 15.2. The lowest BCUT2D eigenvalue weighted by molar-refractivity contribution is 0.0446. The van der Waals surface area contributed by atoms with E-state index in [0.717, 1.165) is 10.4 Å². The van der Waals surface area contributed by atoms with Crippen LogP contribution in [0.3, 0.4) is 0 Å². The first-order chi connectivity index (χ1) is 11.1. The molecule has 5 heteroatoms. The van der Waals surface area contributed by atoms with Gasteiger partial charge < -0.3 is 9.15 Å². The molecule has 0 aliphatic carbocycles. The van der Waals surface area contributed by atoms with Crippen LogP contribution in [-0.4, -0.2) is 18.4 Å². The molecule has 2 heterocycles. The molecule has 0 saturated carbocycles. The molecule has 2 aromatic heterocycles. The van der Waals surface area contributed by atoms with Crippen molar-refractivity contribution in [1.29, 1.82) is 0 Å². The Morgan fingerprint density at radius 2 is 1.87 bits per heavy atom. The zero-order valence-corrected chi connectivity index (χ0v) is 13.3. The molecule has 116 valence electrons. The lowest BCUT2D eigenvalue weighted by Gasteiger charge is -2.04. The van der Waals surface area contributed by atoms with Gasteiger partial charge in [0.2, 0.25) is 11.5 Å². The van der Waals surface area contributed by atoms with E-state index >= 15 is 0 Å². The van der Waals surface area contributed by atoms with Gasteiger partial charge in [-0.25, -0.2) is 4.79 Å². The summed E-state index contributed by atoms with van der Waals surface area (Å²) in [4.78, 5) is 25.8. The van der Waals surface area contributed by atoms with E-state index in [1.165, 1.54) is 17.6 Å². The quantitative estimate of drug-likeness (QED) is 0.516. The van der Waals surface area contributed by atoms with E-state index in [0.29, 0.717) is 10.4 Å². The standard InChI is InChI=1S/C18H14O4S/c1-12-7-8-16(23-12)15(19)11-22-18(20)17-14(9-10-21-17)13-5-3-2-4-6-13/h2-10H,11H2,1H3. The Kier molecular flexibility index (Phi) is 4.39. The van der Waals surface area contributed by atoms with Crippen molar-refractivity contribution < 1.29 is 18.7 Å². The van der Waals surface area contributed by atoms with Gasteiger partial charge >= 0.3 is 5.97 Å². The third kappa shape index (κ3) is 3.40. The number of Topliss-reactive ketones (excluding diaryl/α,β-unsaturated/α-hetero) is 1. The van der Waals surface area contributed by atoms with Crippen molar-refractivity contribution in [1.82, 2.24) is 0 Å². The van der Waals surface area contributed by atoms with Gasteiger partial charge in [-0.15, -0.1) is 11.3 Å². The van der Waals surface area contributed by atoms with Crippen LogP contribution in [0, 0.1) is 6.92 Å². The second-order valence-electron chi connectivity index (χ2n) is 4.94. The average molecular weight is 326 g/mol. The predicted octanol–water partition coefficient (Wildman–Crippen LogP) is 4.36. The van der Waals surface area contributed by atoms with E-state index in [1.807, 2.05) is 43.3 Å². The Labute approximate surface area is 137 Å². The molecule has 3 aromatic rings. The molecule has 23 heavy (non-hydrogen) atoms. The first-order valence-corrected chi connectivity index (χ1v) is 7.86. The monoisotopic (exact) mass is 326 g/mol. The van der Waals surface area contributed by atoms with Crippen LogP contribution in [0.4, 0.5) is 0 Å². The maximum absolute atomic E-state index is 12.2. The molecule has 0 amide bonds. The Hall–Kier alpha value is -2.66. The SMILES string of the molecule is Cc1ccc(C(=O)COC(=O)c2occc2-c2ccccc2)s1. The third-order valence-electron chi connectivity index (χ3n) is 3.28. The molecular formula is C18H14O4S. The van der Waals surface area contributed by atoms with E-state index in [1.54, 1.807) is 12.1 Å². The van der Waals surface area contributed by atoms with Gasteiger partial charge in [0.15, 0.2) is 6.61 Å². The highest BCUT2D eigenvalue weighted by Gasteiger charge is 2.20. The summed E-state index contributed by atoms with van der Waals surface area (Å²) in [7, 11) is 0. The van der Waals surface area contributed by atoms with Gasteiger partial charge in [-0.3, -0.25) is 4.79 Å². The van der Waals surface area contributed by atoms with Crippen LogP contribution in [0.15, 0.2) is 59.2 Å². The minimum absolute atomic E-state index is 0.103. The minimum Gasteiger partial charge on any atom is -0.457 e. The van der Waals surface area contributed by atoms with Gasteiger partial charge in [-0.1, -0.05) is 30.3 Å². The highest BCUT2D eigenvalue weighted by molar-refractivity contribution is 7.14. The molecule has 0 unspecified atom stereocenters.